The zero-order valence-electron chi connectivity index (χ0n) is 17.7. The van der Waals surface area contributed by atoms with Crippen molar-refractivity contribution in [1.82, 2.24) is 4.90 Å². The second kappa shape index (κ2) is 10.9. The molecule has 0 aromatic heterocycles. The molecule has 0 aliphatic carbocycles. The van der Waals surface area contributed by atoms with E-state index in [-0.39, 0.29) is 29.2 Å². The Bertz CT molecular complexity index is 1280. The van der Waals surface area contributed by atoms with Gasteiger partial charge in [-0.1, -0.05) is 63.9 Å². The number of amides is 3. The molecule has 0 spiro atoms. The van der Waals surface area contributed by atoms with Crippen LogP contribution in [0.25, 0.3) is 6.08 Å². The number of anilines is 1. The predicted octanol–water partition coefficient (Wildman–Crippen LogP) is 6.36. The molecule has 1 saturated heterocycles. The average molecular weight is 558 g/mol. The highest BCUT2D eigenvalue weighted by Gasteiger charge is 2.35. The molecule has 6 nitrogen and oxygen atoms in total. The third-order valence-corrected chi connectivity index (χ3v) is 6.60. The number of carbonyl (C=O) groups is 3. The molecule has 1 aliphatic rings. The lowest BCUT2D eigenvalue weighted by Crippen LogP contribution is -2.27. The molecule has 172 valence electrons. The number of imide groups is 1. The van der Waals surface area contributed by atoms with E-state index in [0.29, 0.717) is 27.6 Å². The predicted molar refractivity (Wildman–Crippen MR) is 138 cm³/mol. The Morgan fingerprint density at radius 3 is 2.56 bits per heavy atom. The first-order valence-electron chi connectivity index (χ1n) is 10.2. The van der Waals surface area contributed by atoms with Gasteiger partial charge in [-0.15, -0.1) is 0 Å². The molecular weight excluding hydrogens is 540 g/mol. The summed E-state index contributed by atoms with van der Waals surface area (Å²) in [6.45, 7) is -0.130. The van der Waals surface area contributed by atoms with Crippen LogP contribution in [0.15, 0.2) is 82.2 Å². The van der Waals surface area contributed by atoms with E-state index < -0.39 is 5.91 Å². The maximum absolute atomic E-state index is 13.0. The smallest absolute Gasteiger partial charge is 0.293 e. The van der Waals surface area contributed by atoms with Crippen molar-refractivity contribution in [3.8, 4) is 5.75 Å². The number of ether oxygens (including phenoxy) is 1. The number of rotatable bonds is 7. The van der Waals surface area contributed by atoms with Crippen LogP contribution in [0.5, 0.6) is 5.75 Å². The lowest BCUT2D eigenvalue weighted by molar-refractivity contribution is -0.123. The van der Waals surface area contributed by atoms with Gasteiger partial charge >= 0.3 is 0 Å². The molecule has 0 unspecified atom stereocenters. The highest BCUT2D eigenvalue weighted by atomic mass is 79.9. The van der Waals surface area contributed by atoms with Crippen molar-refractivity contribution in [2.24, 2.45) is 0 Å². The summed E-state index contributed by atoms with van der Waals surface area (Å²) in [7, 11) is 0. The number of halogens is 2. The topological polar surface area (TPSA) is 75.7 Å². The number of hydrogen-bond donors (Lipinski definition) is 1. The Labute approximate surface area is 214 Å². The molecule has 1 aliphatic heterocycles. The van der Waals surface area contributed by atoms with Gasteiger partial charge in [-0.05, 0) is 59.8 Å². The van der Waals surface area contributed by atoms with E-state index in [1.54, 1.807) is 60.7 Å². The van der Waals surface area contributed by atoms with Crippen molar-refractivity contribution in [3.05, 3.63) is 98.3 Å². The minimum atomic E-state index is -0.414. The molecule has 9 heteroatoms. The van der Waals surface area contributed by atoms with Gasteiger partial charge < -0.3 is 10.1 Å². The highest BCUT2D eigenvalue weighted by Crippen LogP contribution is 2.36. The number of para-hydroxylation sites is 1. The van der Waals surface area contributed by atoms with Crippen LogP contribution in [-0.2, 0) is 16.1 Å². The molecule has 1 fully saturated rings. The first kappa shape index (κ1) is 24.1. The van der Waals surface area contributed by atoms with Crippen molar-refractivity contribution >= 4 is 68.1 Å². The lowest BCUT2D eigenvalue weighted by atomic mass is 10.1. The normalized spacial score (nSPS) is 14.5. The Morgan fingerprint density at radius 2 is 1.79 bits per heavy atom. The monoisotopic (exact) mass is 556 g/mol. The summed E-state index contributed by atoms with van der Waals surface area (Å²) in [6.07, 6.45) is 1.59. The van der Waals surface area contributed by atoms with Crippen molar-refractivity contribution in [1.29, 1.82) is 0 Å². The number of benzene rings is 3. The summed E-state index contributed by atoms with van der Waals surface area (Å²) in [5.74, 6) is -0.327. The van der Waals surface area contributed by atoms with E-state index in [2.05, 4.69) is 21.2 Å². The summed E-state index contributed by atoms with van der Waals surface area (Å²) in [5.41, 5.74) is 1.91. The first-order valence-corrected chi connectivity index (χ1v) is 12.2. The second-order valence-electron chi connectivity index (χ2n) is 7.24. The van der Waals surface area contributed by atoms with Crippen LogP contribution in [0.4, 0.5) is 10.5 Å². The van der Waals surface area contributed by atoms with Crippen molar-refractivity contribution < 1.29 is 19.1 Å². The van der Waals surface area contributed by atoms with E-state index in [1.165, 1.54) is 0 Å². The van der Waals surface area contributed by atoms with E-state index in [9.17, 15) is 14.4 Å². The van der Waals surface area contributed by atoms with E-state index in [1.807, 2.05) is 18.2 Å². The average Bonchev–Trinajstić information content (AvgIpc) is 3.08. The van der Waals surface area contributed by atoms with Crippen LogP contribution in [0, 0.1) is 0 Å². The van der Waals surface area contributed by atoms with E-state index in [4.69, 9.17) is 16.3 Å². The molecule has 0 atom stereocenters. The number of hydrogen-bond acceptors (Lipinski definition) is 5. The third-order valence-electron chi connectivity index (χ3n) is 4.83. The van der Waals surface area contributed by atoms with Crippen molar-refractivity contribution in [3.63, 3.8) is 0 Å². The quantitative estimate of drug-likeness (QED) is 0.342. The molecule has 4 rings (SSSR count). The van der Waals surface area contributed by atoms with Gasteiger partial charge in [0.15, 0.2) is 6.61 Å². The summed E-state index contributed by atoms with van der Waals surface area (Å²) in [5, 5.41) is 2.86. The van der Waals surface area contributed by atoms with E-state index >= 15 is 0 Å². The van der Waals surface area contributed by atoms with E-state index in [0.717, 1.165) is 21.1 Å². The van der Waals surface area contributed by atoms with Gasteiger partial charge in [-0.3, -0.25) is 19.3 Å². The fourth-order valence-corrected chi connectivity index (χ4v) is 4.60. The Morgan fingerprint density at radius 1 is 1.06 bits per heavy atom. The summed E-state index contributed by atoms with van der Waals surface area (Å²) < 4.78 is 6.48. The van der Waals surface area contributed by atoms with Crippen LogP contribution < -0.4 is 10.1 Å². The largest absolute Gasteiger partial charge is 0.483 e. The fourth-order valence-electron chi connectivity index (χ4n) is 3.20. The van der Waals surface area contributed by atoms with Gasteiger partial charge in [0.05, 0.1) is 11.4 Å². The first-order chi connectivity index (χ1) is 16.4. The summed E-state index contributed by atoms with van der Waals surface area (Å²) in [6, 6.07) is 21.4. The number of nitrogens with zero attached hydrogens (tertiary/aromatic N) is 1. The Balaban J connectivity index is 1.49. The molecule has 0 saturated carbocycles. The summed E-state index contributed by atoms with van der Waals surface area (Å²) in [4.78, 5) is 39.2. The van der Waals surface area contributed by atoms with Crippen LogP contribution in [0.3, 0.4) is 0 Å². The maximum Gasteiger partial charge on any atom is 0.293 e. The van der Waals surface area contributed by atoms with Crippen LogP contribution in [-0.4, -0.2) is 28.6 Å². The van der Waals surface area contributed by atoms with Gasteiger partial charge in [-0.2, -0.15) is 0 Å². The molecule has 0 radical (unpaired) electrons. The van der Waals surface area contributed by atoms with Gasteiger partial charge in [-0.25, -0.2) is 0 Å². The standard InChI is InChI=1S/C25H18BrClN2O4S/c26-18-10-11-21(33-15-23(30)28-19-7-2-1-3-8-19)17(12-18)13-22-24(31)29(25(32)34-22)14-16-6-4-5-9-20(16)27/h1-13H,14-15H2,(H,28,30)/b22-13-. The minimum Gasteiger partial charge on any atom is -0.483 e. The molecule has 3 aromatic rings. The zero-order valence-corrected chi connectivity index (χ0v) is 20.8. The SMILES string of the molecule is O=C(COc1ccc(Br)cc1/C=C1\SC(=O)N(Cc2ccccc2Cl)C1=O)Nc1ccccc1. The molecule has 3 amide bonds. The Hall–Kier alpha value is -3.07. The molecule has 1 heterocycles. The van der Waals surface area contributed by atoms with Crippen molar-refractivity contribution in [2.75, 3.05) is 11.9 Å². The Kier molecular flexibility index (Phi) is 7.72. The number of nitrogens with one attached hydrogen (secondary N) is 1. The zero-order chi connectivity index (χ0) is 24.1. The molecular formula is C25H18BrClN2O4S. The highest BCUT2D eigenvalue weighted by molar-refractivity contribution is 9.10. The fraction of sp³-hybridized carbons (Fsp3) is 0.0800. The van der Waals surface area contributed by atoms with Gasteiger partial charge in [0.1, 0.15) is 5.75 Å². The summed E-state index contributed by atoms with van der Waals surface area (Å²) >= 11 is 10.4. The van der Waals surface area contributed by atoms with Crippen LogP contribution in [0.2, 0.25) is 5.02 Å². The molecule has 0 bridgehead atoms. The van der Waals surface area contributed by atoms with Gasteiger partial charge in [0.2, 0.25) is 0 Å². The third kappa shape index (κ3) is 5.88. The second-order valence-corrected chi connectivity index (χ2v) is 9.56. The van der Waals surface area contributed by atoms with Crippen LogP contribution in [0.1, 0.15) is 11.1 Å². The van der Waals surface area contributed by atoms with Gasteiger partial charge in [0, 0.05) is 20.7 Å². The van der Waals surface area contributed by atoms with Crippen LogP contribution >= 0.6 is 39.3 Å². The molecule has 34 heavy (non-hydrogen) atoms. The molecule has 3 aromatic carbocycles. The number of carbonyl (C=O) groups excluding carboxylic acids is 3. The lowest BCUT2D eigenvalue weighted by Gasteiger charge is -2.13. The minimum absolute atomic E-state index is 0.0865. The number of thioether (sulfide) groups is 1. The molecule has 1 N–H and O–H groups in total. The maximum atomic E-state index is 13.0. The van der Waals surface area contributed by atoms with Gasteiger partial charge in [0.25, 0.3) is 17.1 Å². The van der Waals surface area contributed by atoms with Crippen molar-refractivity contribution in [2.45, 2.75) is 6.54 Å².